The lowest BCUT2D eigenvalue weighted by atomic mass is 9.59. The standard InChI is InChI=1S/C29H34N2O7/c1-14-11-28-15(2)9-18-22(27(18,3)4)17(24(28)35)10-16(13-32)23(34)29(28,37)25(14)38-26(36)31-12-21(33)30-19-7-5-6-8-20(19)31/h5-8,10-11,15,17-18,22-23,25,32,34,37H,9,12-13H2,1-4H3,(H,30,33)/t15-,17+,18-,22+,23-,25+,28+,29+/m1/s1. The van der Waals surface area contributed by atoms with Crippen molar-refractivity contribution in [3.8, 4) is 0 Å². The fraction of sp³-hybridized carbons (Fsp3) is 0.552. The maximum absolute atomic E-state index is 14.4. The largest absolute Gasteiger partial charge is 0.438 e. The summed E-state index contributed by atoms with van der Waals surface area (Å²) >= 11 is 0. The number of ether oxygens (including phenoxy) is 1. The summed E-state index contributed by atoms with van der Waals surface area (Å²) in [5.74, 6) is -1.27. The maximum atomic E-state index is 14.4. The van der Waals surface area contributed by atoms with E-state index in [-0.39, 0.29) is 41.1 Å². The fourth-order valence-corrected chi connectivity index (χ4v) is 8.15. The van der Waals surface area contributed by atoms with Gasteiger partial charge in [0.1, 0.15) is 12.6 Å². The molecule has 2 amide bonds. The van der Waals surface area contributed by atoms with Crippen LogP contribution in [0.4, 0.5) is 16.2 Å². The van der Waals surface area contributed by atoms with Crippen molar-refractivity contribution in [2.75, 3.05) is 23.4 Å². The summed E-state index contributed by atoms with van der Waals surface area (Å²) in [7, 11) is 0. The van der Waals surface area contributed by atoms with E-state index in [0.29, 0.717) is 23.4 Å². The number of amides is 2. The molecule has 8 atom stereocenters. The first-order valence-corrected chi connectivity index (χ1v) is 13.2. The zero-order chi connectivity index (χ0) is 27.4. The first-order valence-electron chi connectivity index (χ1n) is 13.2. The second kappa shape index (κ2) is 8.00. The van der Waals surface area contributed by atoms with Crippen molar-refractivity contribution in [2.24, 2.45) is 34.5 Å². The number of Topliss-reactive ketones (excluding diaryl/α,β-unsaturated/α-hetero) is 1. The molecular formula is C29H34N2O7. The van der Waals surface area contributed by atoms with Gasteiger partial charge >= 0.3 is 6.09 Å². The van der Waals surface area contributed by atoms with Crippen molar-refractivity contribution in [1.29, 1.82) is 0 Å². The van der Waals surface area contributed by atoms with Gasteiger partial charge in [0.15, 0.2) is 17.5 Å². The molecule has 4 N–H and O–H groups in total. The summed E-state index contributed by atoms with van der Waals surface area (Å²) in [5.41, 5.74) is -2.33. The molecule has 9 nitrogen and oxygen atoms in total. The molecule has 1 aromatic rings. The van der Waals surface area contributed by atoms with Gasteiger partial charge in [0.2, 0.25) is 5.91 Å². The molecule has 0 radical (unpaired) electrons. The van der Waals surface area contributed by atoms with Gasteiger partial charge in [-0.1, -0.05) is 45.1 Å². The monoisotopic (exact) mass is 522 g/mol. The predicted octanol–water partition coefficient (Wildman–Crippen LogP) is 2.42. The number of benzene rings is 1. The van der Waals surface area contributed by atoms with Crippen molar-refractivity contribution >= 4 is 29.2 Å². The second-order valence-electron chi connectivity index (χ2n) is 12.3. The lowest BCUT2D eigenvalue weighted by Crippen LogP contribution is -2.66. The van der Waals surface area contributed by atoms with Gasteiger partial charge in [0, 0.05) is 5.92 Å². The van der Waals surface area contributed by atoms with Crippen molar-refractivity contribution in [3.05, 3.63) is 47.6 Å². The van der Waals surface area contributed by atoms with E-state index < -0.39 is 47.7 Å². The number of fused-ring (bicyclic) bond motifs is 4. The highest BCUT2D eigenvalue weighted by atomic mass is 16.6. The predicted molar refractivity (Wildman–Crippen MR) is 138 cm³/mol. The van der Waals surface area contributed by atoms with E-state index in [0.717, 1.165) is 0 Å². The summed E-state index contributed by atoms with van der Waals surface area (Å²) < 4.78 is 5.93. The van der Waals surface area contributed by atoms with Gasteiger partial charge in [0.05, 0.1) is 23.4 Å². The van der Waals surface area contributed by atoms with Crippen LogP contribution in [0.1, 0.15) is 34.1 Å². The molecule has 1 spiro atoms. The average Bonchev–Trinajstić information content (AvgIpc) is 3.36. The third kappa shape index (κ3) is 3.01. The highest BCUT2D eigenvalue weighted by Gasteiger charge is 2.76. The number of nitrogens with zero attached hydrogens (tertiary/aromatic N) is 1. The van der Waals surface area contributed by atoms with Crippen LogP contribution in [0.5, 0.6) is 0 Å². The number of carbonyl (C=O) groups is 3. The van der Waals surface area contributed by atoms with Crippen LogP contribution in [0.2, 0.25) is 0 Å². The first-order chi connectivity index (χ1) is 17.9. The molecule has 2 fully saturated rings. The molecule has 1 aliphatic heterocycles. The SMILES string of the molecule is CC1=C[C@]23C(=O)[C@@H](C=C(CO)[C@@H](O)[C@]2(O)[C@H]1OC(=O)N1CC(=O)Nc2ccccc21)[C@H]1[C@@H](C[C@H]3C)C1(C)C. The number of allylic oxidation sites excluding steroid dienone is 1. The van der Waals surface area contributed by atoms with Crippen LogP contribution in [-0.4, -0.2) is 64.1 Å². The van der Waals surface area contributed by atoms with E-state index in [1.165, 1.54) is 4.90 Å². The van der Waals surface area contributed by atoms with Crippen LogP contribution in [0.15, 0.2) is 47.6 Å². The van der Waals surface area contributed by atoms with Crippen LogP contribution in [-0.2, 0) is 14.3 Å². The average molecular weight is 523 g/mol. The van der Waals surface area contributed by atoms with Gasteiger partial charge in [-0.15, -0.1) is 0 Å². The minimum atomic E-state index is -2.23. The molecule has 6 rings (SSSR count). The molecule has 1 heterocycles. The van der Waals surface area contributed by atoms with Crippen LogP contribution < -0.4 is 10.2 Å². The second-order valence-corrected chi connectivity index (χ2v) is 12.3. The van der Waals surface area contributed by atoms with Crippen molar-refractivity contribution in [1.82, 2.24) is 0 Å². The van der Waals surface area contributed by atoms with Gasteiger partial charge < -0.3 is 25.4 Å². The third-order valence-corrected chi connectivity index (χ3v) is 10.1. The highest BCUT2D eigenvalue weighted by molar-refractivity contribution is 6.08. The number of rotatable bonds is 2. The molecule has 4 aliphatic carbocycles. The first kappa shape index (κ1) is 25.3. The number of carbonyl (C=O) groups excluding carboxylic acids is 3. The summed E-state index contributed by atoms with van der Waals surface area (Å²) in [6.45, 7) is 7.02. The molecule has 5 aliphatic rings. The molecular weight excluding hydrogens is 488 g/mol. The van der Waals surface area contributed by atoms with Crippen molar-refractivity contribution < 1.29 is 34.4 Å². The highest BCUT2D eigenvalue weighted by Crippen LogP contribution is 2.71. The Hall–Kier alpha value is -3.01. The third-order valence-electron chi connectivity index (χ3n) is 10.1. The summed E-state index contributed by atoms with van der Waals surface area (Å²) in [4.78, 5) is 41.5. The van der Waals surface area contributed by atoms with Crippen molar-refractivity contribution in [2.45, 2.75) is 51.9 Å². The van der Waals surface area contributed by atoms with E-state index in [1.54, 1.807) is 43.3 Å². The van der Waals surface area contributed by atoms with Crippen molar-refractivity contribution in [3.63, 3.8) is 0 Å². The zero-order valence-corrected chi connectivity index (χ0v) is 22.0. The van der Waals surface area contributed by atoms with Gasteiger partial charge in [-0.3, -0.25) is 14.5 Å². The smallest absolute Gasteiger partial charge is 0.415 e. The Morgan fingerprint density at radius 3 is 2.66 bits per heavy atom. The maximum Gasteiger partial charge on any atom is 0.415 e. The van der Waals surface area contributed by atoms with Crippen LogP contribution >= 0.6 is 0 Å². The molecule has 202 valence electrons. The molecule has 0 unspecified atom stereocenters. The number of hydrogen-bond donors (Lipinski definition) is 4. The topological polar surface area (TPSA) is 136 Å². The number of ketones is 1. The Labute approximate surface area is 221 Å². The molecule has 2 saturated carbocycles. The van der Waals surface area contributed by atoms with E-state index in [4.69, 9.17) is 4.74 Å². The minimum Gasteiger partial charge on any atom is -0.438 e. The summed E-state index contributed by atoms with van der Waals surface area (Å²) in [5, 5.41) is 37.2. The number of para-hydroxylation sites is 2. The van der Waals surface area contributed by atoms with Crippen LogP contribution in [0.25, 0.3) is 0 Å². The Morgan fingerprint density at radius 1 is 1.24 bits per heavy atom. The number of aliphatic hydroxyl groups excluding tert-OH is 2. The molecule has 1 aromatic carbocycles. The molecule has 0 aromatic heterocycles. The van der Waals surface area contributed by atoms with Crippen LogP contribution in [0.3, 0.4) is 0 Å². The van der Waals surface area contributed by atoms with Gasteiger partial charge in [-0.25, -0.2) is 4.79 Å². The molecule has 38 heavy (non-hydrogen) atoms. The lowest BCUT2D eigenvalue weighted by molar-refractivity contribution is -0.189. The fourth-order valence-electron chi connectivity index (χ4n) is 8.15. The quantitative estimate of drug-likeness (QED) is 0.438. The van der Waals surface area contributed by atoms with E-state index in [2.05, 4.69) is 19.2 Å². The van der Waals surface area contributed by atoms with E-state index in [1.807, 2.05) is 6.92 Å². The number of nitrogens with one attached hydrogen (secondary N) is 1. The van der Waals surface area contributed by atoms with Gasteiger partial charge in [0.25, 0.3) is 0 Å². The molecule has 9 heteroatoms. The van der Waals surface area contributed by atoms with E-state index >= 15 is 0 Å². The summed E-state index contributed by atoms with van der Waals surface area (Å²) in [6.07, 6.45) is 0.104. The Kier molecular flexibility index (Phi) is 5.32. The Bertz CT molecular complexity index is 1320. The van der Waals surface area contributed by atoms with Gasteiger partial charge in [-0.2, -0.15) is 0 Å². The number of hydrogen-bond acceptors (Lipinski definition) is 7. The normalized spacial score (nSPS) is 40.4. The van der Waals surface area contributed by atoms with Crippen LogP contribution in [0, 0.1) is 34.5 Å². The van der Waals surface area contributed by atoms with Gasteiger partial charge in [-0.05, 0) is 59.8 Å². The Morgan fingerprint density at radius 2 is 1.95 bits per heavy atom. The van der Waals surface area contributed by atoms with E-state index in [9.17, 15) is 29.7 Å². The Balaban J connectivity index is 1.43. The zero-order valence-electron chi connectivity index (χ0n) is 22.0. The summed E-state index contributed by atoms with van der Waals surface area (Å²) in [6, 6.07) is 6.80. The molecule has 0 saturated heterocycles. The number of aliphatic hydroxyl groups is 3. The number of anilines is 2. The molecule has 2 bridgehead atoms. The lowest BCUT2D eigenvalue weighted by Gasteiger charge is -2.49. The minimum absolute atomic E-state index is 0.0339.